The van der Waals surface area contributed by atoms with Crippen molar-refractivity contribution in [2.24, 2.45) is 5.73 Å². The summed E-state index contributed by atoms with van der Waals surface area (Å²) >= 11 is 6.68. The molecule has 3 aromatic rings. The summed E-state index contributed by atoms with van der Waals surface area (Å²) in [5.74, 6) is -0.908. The second-order valence-electron chi connectivity index (χ2n) is 9.79. The number of nitrogens with one attached hydrogen (secondary N) is 1. The van der Waals surface area contributed by atoms with Crippen LogP contribution < -0.4 is 20.5 Å². The van der Waals surface area contributed by atoms with Crippen LogP contribution in [0.1, 0.15) is 47.2 Å². The van der Waals surface area contributed by atoms with Crippen LogP contribution in [0, 0.1) is 5.82 Å². The lowest BCUT2D eigenvalue weighted by Gasteiger charge is -2.34. The first-order chi connectivity index (χ1) is 17.8. The largest absolute Gasteiger partial charge is 0.494 e. The van der Waals surface area contributed by atoms with E-state index in [4.69, 9.17) is 26.8 Å². The molecule has 8 heteroatoms. The molecule has 6 nitrogen and oxygen atoms in total. The first-order valence-electron chi connectivity index (χ1n) is 12.5. The van der Waals surface area contributed by atoms with E-state index in [1.54, 1.807) is 12.1 Å². The number of ether oxygens (including phenoxy) is 2. The summed E-state index contributed by atoms with van der Waals surface area (Å²) in [6.07, 6.45) is 3.46. The number of carbonyl (C=O) groups excluding carboxylic acids is 1. The third-order valence-corrected chi connectivity index (χ3v) is 7.82. The molecule has 0 radical (unpaired) electrons. The Kier molecular flexibility index (Phi) is 7.12. The van der Waals surface area contributed by atoms with Crippen LogP contribution in [0.2, 0.25) is 5.02 Å². The minimum absolute atomic E-state index is 0.00962. The number of aliphatic hydroxyl groups is 1. The van der Waals surface area contributed by atoms with Gasteiger partial charge < -0.3 is 25.6 Å². The summed E-state index contributed by atoms with van der Waals surface area (Å²) < 4.78 is 27.6. The number of hydrogen-bond donors (Lipinski definition) is 3. The molecule has 5 rings (SSSR count). The number of benzene rings is 3. The summed E-state index contributed by atoms with van der Waals surface area (Å²) in [4.78, 5) is 12.3. The van der Waals surface area contributed by atoms with Crippen molar-refractivity contribution in [1.29, 1.82) is 0 Å². The van der Waals surface area contributed by atoms with Gasteiger partial charge in [-0.15, -0.1) is 0 Å². The monoisotopic (exact) mass is 524 g/mol. The molecule has 0 spiro atoms. The summed E-state index contributed by atoms with van der Waals surface area (Å²) in [5, 5.41) is 13.8. The molecule has 3 aromatic carbocycles. The second-order valence-corrected chi connectivity index (χ2v) is 10.2. The topological polar surface area (TPSA) is 93.8 Å². The Morgan fingerprint density at radius 1 is 1.14 bits per heavy atom. The first kappa shape index (κ1) is 25.5. The number of fused-ring (bicyclic) bond motifs is 1. The van der Waals surface area contributed by atoms with E-state index < -0.39 is 17.3 Å². The van der Waals surface area contributed by atoms with Crippen LogP contribution in [0.3, 0.4) is 0 Å². The Bertz CT molecular complexity index is 1310. The lowest BCUT2D eigenvalue weighted by atomic mass is 9.84. The number of hydrogen-bond acceptors (Lipinski definition) is 5. The standard InChI is InChI=1S/C29H30ClFN2O4/c1-36-24-13-11-20(28(32)35)26(27(24)31)25-21-15-29(17-5-3-2-4-6-17,37-23(21)14-12-22(25)30)16-33-18-7-9-19(34)10-8-18/h2-6,11-14,18-19,33-34H,7-10,15-16H2,1H3,(H2,32,35). The molecule has 1 atom stereocenters. The van der Waals surface area contributed by atoms with Crippen LogP contribution in [0.5, 0.6) is 11.5 Å². The molecular formula is C29H30ClFN2O4. The molecule has 0 aromatic heterocycles. The second kappa shape index (κ2) is 10.3. The van der Waals surface area contributed by atoms with Gasteiger partial charge >= 0.3 is 0 Å². The van der Waals surface area contributed by atoms with E-state index in [9.17, 15) is 9.90 Å². The fraction of sp³-hybridized carbons (Fsp3) is 0.345. The highest BCUT2D eigenvalue weighted by Crippen LogP contribution is 2.49. The van der Waals surface area contributed by atoms with E-state index >= 15 is 4.39 Å². The van der Waals surface area contributed by atoms with E-state index in [2.05, 4.69) is 5.32 Å². The zero-order valence-electron chi connectivity index (χ0n) is 20.6. The normalized spacial score (nSPS) is 22.8. The molecule has 4 N–H and O–H groups in total. The van der Waals surface area contributed by atoms with Crippen molar-refractivity contribution in [3.05, 3.63) is 82.1 Å². The molecule has 1 amide bonds. The van der Waals surface area contributed by atoms with Gasteiger partial charge in [-0.3, -0.25) is 4.79 Å². The maximum absolute atomic E-state index is 15.7. The van der Waals surface area contributed by atoms with Gasteiger partial charge in [-0.2, -0.15) is 0 Å². The molecule has 2 aliphatic rings. The molecule has 1 fully saturated rings. The molecule has 1 saturated carbocycles. The van der Waals surface area contributed by atoms with Crippen molar-refractivity contribution < 1.29 is 23.8 Å². The van der Waals surface area contributed by atoms with Gasteiger partial charge in [-0.1, -0.05) is 41.9 Å². The molecule has 194 valence electrons. The van der Waals surface area contributed by atoms with Crippen molar-refractivity contribution in [3.63, 3.8) is 0 Å². The van der Waals surface area contributed by atoms with Crippen LogP contribution in [-0.2, 0) is 12.0 Å². The van der Waals surface area contributed by atoms with Crippen LogP contribution in [0.25, 0.3) is 11.1 Å². The lowest BCUT2D eigenvalue weighted by Crippen LogP contribution is -2.46. The summed E-state index contributed by atoms with van der Waals surface area (Å²) in [5.41, 5.74) is 6.94. The maximum atomic E-state index is 15.7. The average Bonchev–Trinajstić information content (AvgIpc) is 3.29. The summed E-state index contributed by atoms with van der Waals surface area (Å²) in [6.45, 7) is 0.507. The molecule has 1 aliphatic carbocycles. The number of carbonyl (C=O) groups is 1. The predicted octanol–water partition coefficient (Wildman–Crippen LogP) is 4.98. The third kappa shape index (κ3) is 4.79. The lowest BCUT2D eigenvalue weighted by molar-refractivity contribution is 0.0762. The smallest absolute Gasteiger partial charge is 0.249 e. The van der Waals surface area contributed by atoms with Gasteiger partial charge in [-0.25, -0.2) is 4.39 Å². The van der Waals surface area contributed by atoms with E-state index in [0.717, 1.165) is 31.2 Å². The van der Waals surface area contributed by atoms with E-state index in [-0.39, 0.29) is 34.0 Å². The summed E-state index contributed by atoms with van der Waals surface area (Å²) in [6, 6.07) is 16.4. The van der Waals surface area contributed by atoms with Gasteiger partial charge in [0.1, 0.15) is 5.75 Å². The van der Waals surface area contributed by atoms with E-state index in [1.165, 1.54) is 19.2 Å². The highest BCUT2D eigenvalue weighted by Gasteiger charge is 2.43. The Labute approximate surface area is 220 Å². The number of nitrogens with two attached hydrogens (primary N) is 1. The molecule has 0 saturated heterocycles. The van der Waals surface area contributed by atoms with E-state index in [1.807, 2.05) is 30.3 Å². The Balaban J connectivity index is 1.59. The molecule has 0 bridgehead atoms. The van der Waals surface area contributed by atoms with Crippen molar-refractivity contribution in [1.82, 2.24) is 5.32 Å². The Morgan fingerprint density at radius 2 is 1.86 bits per heavy atom. The number of rotatable bonds is 7. The third-order valence-electron chi connectivity index (χ3n) is 7.50. The maximum Gasteiger partial charge on any atom is 0.249 e. The molecule has 1 unspecified atom stereocenters. The van der Waals surface area contributed by atoms with Crippen molar-refractivity contribution in [2.75, 3.05) is 13.7 Å². The summed E-state index contributed by atoms with van der Waals surface area (Å²) in [7, 11) is 1.36. The molecular weight excluding hydrogens is 495 g/mol. The van der Waals surface area contributed by atoms with Gasteiger partial charge in [-0.05, 0) is 55.5 Å². The van der Waals surface area contributed by atoms with Crippen molar-refractivity contribution >= 4 is 17.5 Å². The van der Waals surface area contributed by atoms with E-state index in [0.29, 0.717) is 29.8 Å². The number of halogens is 2. The Morgan fingerprint density at radius 3 is 2.54 bits per heavy atom. The SMILES string of the molecule is COc1ccc(C(N)=O)c(-c2c(Cl)ccc3c2CC(CNC2CCC(O)CC2)(c2ccccc2)O3)c1F. The molecule has 37 heavy (non-hydrogen) atoms. The average molecular weight is 525 g/mol. The van der Waals surface area contributed by atoms with Gasteiger partial charge in [0, 0.05) is 40.7 Å². The number of amides is 1. The highest BCUT2D eigenvalue weighted by atomic mass is 35.5. The van der Waals surface area contributed by atoms with Crippen LogP contribution in [0.4, 0.5) is 4.39 Å². The fourth-order valence-corrected chi connectivity index (χ4v) is 5.80. The van der Waals surface area contributed by atoms with Crippen molar-refractivity contribution in [2.45, 2.75) is 49.9 Å². The van der Waals surface area contributed by atoms with Gasteiger partial charge in [0.05, 0.1) is 18.8 Å². The fourth-order valence-electron chi connectivity index (χ4n) is 5.53. The molecule has 1 heterocycles. The Hall–Kier alpha value is -3.13. The predicted molar refractivity (Wildman–Crippen MR) is 141 cm³/mol. The highest BCUT2D eigenvalue weighted by molar-refractivity contribution is 6.34. The quantitative estimate of drug-likeness (QED) is 0.405. The number of primary amides is 1. The minimum Gasteiger partial charge on any atom is -0.494 e. The van der Waals surface area contributed by atoms with Crippen LogP contribution in [0.15, 0.2) is 54.6 Å². The number of aliphatic hydroxyl groups excluding tert-OH is 1. The van der Waals surface area contributed by atoms with Crippen LogP contribution >= 0.6 is 11.6 Å². The van der Waals surface area contributed by atoms with Gasteiger partial charge in [0.15, 0.2) is 17.2 Å². The van der Waals surface area contributed by atoms with Gasteiger partial charge in [0.25, 0.3) is 0 Å². The zero-order valence-corrected chi connectivity index (χ0v) is 21.4. The van der Waals surface area contributed by atoms with Crippen molar-refractivity contribution in [3.8, 4) is 22.6 Å². The zero-order chi connectivity index (χ0) is 26.2. The minimum atomic E-state index is -0.776. The first-order valence-corrected chi connectivity index (χ1v) is 12.8. The molecule has 1 aliphatic heterocycles. The number of methoxy groups -OCH3 is 1. The van der Waals surface area contributed by atoms with Gasteiger partial charge in [0.2, 0.25) is 5.91 Å². The van der Waals surface area contributed by atoms with Crippen LogP contribution in [-0.4, -0.2) is 36.8 Å².